The molecule has 0 aromatic heterocycles. The van der Waals surface area contributed by atoms with Gasteiger partial charge >= 0.3 is 5.97 Å². The predicted molar refractivity (Wildman–Crippen MR) is 177 cm³/mol. The molecule has 45 heavy (non-hydrogen) atoms. The molecule has 10 nitrogen and oxygen atoms in total. The van der Waals surface area contributed by atoms with Crippen LogP contribution in [0.5, 0.6) is 11.5 Å². The number of hydrogen-bond donors (Lipinski definition) is 0. The van der Waals surface area contributed by atoms with Crippen LogP contribution >= 0.6 is 0 Å². The second-order valence-corrected chi connectivity index (χ2v) is 16.8. The number of amides is 1. The maximum absolute atomic E-state index is 14.1. The molecule has 240 valence electrons. The first-order chi connectivity index (χ1) is 21.2. The topological polar surface area (TPSA) is 117 Å². The number of hydrogen-bond acceptors (Lipinski definition) is 8. The molecule has 0 aliphatic rings. The average molecular weight is 635 g/mol. The number of benzene rings is 3. The number of rotatable bonds is 13. The number of ether oxygens (including phenoxy) is 3. The molecule has 0 bridgehead atoms. The Bertz CT molecular complexity index is 1540. The Morgan fingerprint density at radius 1 is 0.956 bits per heavy atom. The number of nitrogens with zero attached hydrogens (tertiary/aromatic N) is 2. The van der Waals surface area contributed by atoms with E-state index in [4.69, 9.17) is 18.6 Å². The summed E-state index contributed by atoms with van der Waals surface area (Å²) in [6, 6.07) is 18.4. The monoisotopic (exact) mass is 634 g/mol. The summed E-state index contributed by atoms with van der Waals surface area (Å²) >= 11 is 0. The van der Waals surface area contributed by atoms with Gasteiger partial charge < -0.3 is 23.5 Å². The number of methoxy groups -OCH3 is 2. The van der Waals surface area contributed by atoms with Gasteiger partial charge in [0.25, 0.3) is 11.6 Å². The fourth-order valence-corrected chi connectivity index (χ4v) is 5.36. The third kappa shape index (κ3) is 8.80. The van der Waals surface area contributed by atoms with E-state index in [0.29, 0.717) is 33.9 Å². The highest BCUT2D eigenvalue weighted by Gasteiger charge is 2.37. The van der Waals surface area contributed by atoms with Gasteiger partial charge in [-0.2, -0.15) is 0 Å². The molecule has 0 radical (unpaired) electrons. The van der Waals surface area contributed by atoms with Gasteiger partial charge in [-0.1, -0.05) is 45.0 Å². The van der Waals surface area contributed by atoms with E-state index < -0.39 is 25.1 Å². The molecule has 0 heterocycles. The third-order valence-corrected chi connectivity index (χ3v) is 12.6. The van der Waals surface area contributed by atoms with Crippen molar-refractivity contribution in [2.45, 2.75) is 51.9 Å². The Balaban J connectivity index is 2.00. The molecule has 0 unspecified atom stereocenters. The Hall–Kier alpha value is -4.48. The van der Waals surface area contributed by atoms with E-state index in [2.05, 4.69) is 33.9 Å². The van der Waals surface area contributed by atoms with Crippen molar-refractivity contribution >= 4 is 37.6 Å². The van der Waals surface area contributed by atoms with Gasteiger partial charge in [0.2, 0.25) is 0 Å². The summed E-state index contributed by atoms with van der Waals surface area (Å²) in [5.41, 5.74) is 1.46. The lowest BCUT2D eigenvalue weighted by atomic mass is 10.0. The molecule has 3 aromatic rings. The van der Waals surface area contributed by atoms with Gasteiger partial charge in [0.15, 0.2) is 8.32 Å². The molecule has 0 aliphatic carbocycles. The molecule has 3 aromatic carbocycles. The van der Waals surface area contributed by atoms with Crippen molar-refractivity contribution < 1.29 is 33.1 Å². The quantitative estimate of drug-likeness (QED) is 0.0627. The molecule has 0 spiro atoms. The summed E-state index contributed by atoms with van der Waals surface area (Å²) in [7, 11) is 2.26. The molecule has 3 rings (SSSR count). The van der Waals surface area contributed by atoms with E-state index in [-0.39, 0.29) is 35.9 Å². The Morgan fingerprint density at radius 2 is 1.60 bits per heavy atom. The van der Waals surface area contributed by atoms with Crippen LogP contribution in [-0.2, 0) is 20.6 Å². The second kappa shape index (κ2) is 15.0. The maximum atomic E-state index is 14.1. The van der Waals surface area contributed by atoms with Crippen LogP contribution in [0.25, 0.3) is 6.08 Å². The predicted octanol–water partition coefficient (Wildman–Crippen LogP) is 7.43. The number of para-hydroxylation sites is 1. The zero-order valence-corrected chi connectivity index (χ0v) is 28.2. The van der Waals surface area contributed by atoms with Crippen LogP contribution in [0.15, 0.2) is 72.3 Å². The minimum absolute atomic E-state index is 0.0336. The van der Waals surface area contributed by atoms with Crippen LogP contribution in [0.3, 0.4) is 0 Å². The van der Waals surface area contributed by atoms with Crippen molar-refractivity contribution in [1.82, 2.24) is 0 Å². The van der Waals surface area contributed by atoms with Crippen LogP contribution in [0.2, 0.25) is 18.1 Å². The van der Waals surface area contributed by atoms with Gasteiger partial charge in [0.05, 0.1) is 36.0 Å². The molecule has 11 heteroatoms. The minimum Gasteiger partial charge on any atom is -0.497 e. The summed E-state index contributed by atoms with van der Waals surface area (Å²) < 4.78 is 22.6. The normalized spacial score (nSPS) is 12.0. The van der Waals surface area contributed by atoms with Crippen molar-refractivity contribution in [1.29, 1.82) is 0 Å². The van der Waals surface area contributed by atoms with Crippen molar-refractivity contribution in [2.75, 3.05) is 32.8 Å². The fraction of sp³-hybridized carbons (Fsp3) is 0.353. The van der Waals surface area contributed by atoms with E-state index in [1.54, 1.807) is 74.8 Å². The summed E-state index contributed by atoms with van der Waals surface area (Å²) in [6.45, 7) is 10.9. The van der Waals surface area contributed by atoms with Crippen molar-refractivity contribution in [3.8, 4) is 11.5 Å². The highest BCUT2D eigenvalue weighted by Crippen LogP contribution is 2.37. The van der Waals surface area contributed by atoms with Crippen LogP contribution in [0.4, 0.5) is 11.4 Å². The van der Waals surface area contributed by atoms with Crippen molar-refractivity contribution in [3.05, 3.63) is 99.1 Å². The van der Waals surface area contributed by atoms with Crippen molar-refractivity contribution in [2.24, 2.45) is 0 Å². The fourth-order valence-electron chi connectivity index (χ4n) is 4.32. The van der Waals surface area contributed by atoms with Gasteiger partial charge in [-0.05, 0) is 67.0 Å². The third-order valence-electron chi connectivity index (χ3n) is 8.02. The van der Waals surface area contributed by atoms with E-state index in [1.165, 1.54) is 24.2 Å². The van der Waals surface area contributed by atoms with Crippen LogP contribution in [0, 0.1) is 10.1 Å². The highest BCUT2D eigenvalue weighted by atomic mass is 28.4. The minimum atomic E-state index is -2.14. The van der Waals surface area contributed by atoms with Gasteiger partial charge in [-0.15, -0.1) is 0 Å². The van der Waals surface area contributed by atoms with E-state index >= 15 is 0 Å². The molecular weight excluding hydrogens is 592 g/mol. The van der Waals surface area contributed by atoms with Gasteiger partial charge in [-0.25, -0.2) is 4.79 Å². The number of carbonyl (C=O) groups is 2. The van der Waals surface area contributed by atoms with Crippen LogP contribution < -0.4 is 14.4 Å². The first-order valence-corrected chi connectivity index (χ1v) is 17.4. The highest BCUT2D eigenvalue weighted by molar-refractivity contribution is 6.74. The van der Waals surface area contributed by atoms with Gasteiger partial charge in [0, 0.05) is 30.9 Å². The van der Waals surface area contributed by atoms with E-state index in [1.807, 2.05) is 0 Å². The van der Waals surface area contributed by atoms with Crippen LogP contribution in [0.1, 0.15) is 48.7 Å². The smallest absolute Gasteiger partial charge is 0.340 e. The molecule has 0 saturated heterocycles. The number of nitro groups is 1. The zero-order valence-electron chi connectivity index (χ0n) is 27.2. The van der Waals surface area contributed by atoms with Crippen LogP contribution in [-0.4, -0.2) is 53.0 Å². The Morgan fingerprint density at radius 3 is 2.20 bits per heavy atom. The van der Waals surface area contributed by atoms with Gasteiger partial charge in [0.1, 0.15) is 18.1 Å². The lowest BCUT2D eigenvalue weighted by Gasteiger charge is -2.36. The number of carbonyl (C=O) groups excluding carboxylic acids is 2. The molecular formula is C34H42N2O8Si. The summed E-state index contributed by atoms with van der Waals surface area (Å²) in [6.07, 6.45) is 1.73. The standard InChI is InChI=1S/C34H42N2O8Si/c1-34(2,3)45(7,8)44-21-20-25(22-24-12-9-10-14-29(24)36(39)40)32(37)35(4)30-15-11-13-26(31(30)33(38)42-6)23-43-28-18-16-27(41-5)17-19-28/h9-19,22H,20-21,23H2,1-8H3/b25-22+. The molecule has 0 fully saturated rings. The largest absolute Gasteiger partial charge is 0.497 e. The summed E-state index contributed by atoms with van der Waals surface area (Å²) in [5.74, 6) is 0.173. The number of likely N-dealkylation sites (N-methyl/N-ethyl adjacent to an activating group) is 1. The lowest BCUT2D eigenvalue weighted by molar-refractivity contribution is -0.385. The van der Waals surface area contributed by atoms with E-state index in [9.17, 15) is 19.7 Å². The molecule has 0 atom stereocenters. The molecule has 0 saturated carbocycles. The first-order valence-electron chi connectivity index (χ1n) is 14.5. The molecule has 0 N–H and O–H groups in total. The van der Waals surface area contributed by atoms with Gasteiger partial charge in [-0.3, -0.25) is 14.9 Å². The Labute approximate surface area is 265 Å². The van der Waals surface area contributed by atoms with Crippen molar-refractivity contribution in [3.63, 3.8) is 0 Å². The zero-order chi connectivity index (χ0) is 33.4. The average Bonchev–Trinajstić information content (AvgIpc) is 3.01. The number of anilines is 1. The summed E-state index contributed by atoms with van der Waals surface area (Å²) in [4.78, 5) is 39.9. The molecule has 0 aliphatic heterocycles. The molecule has 1 amide bonds. The number of esters is 1. The van der Waals surface area contributed by atoms with E-state index in [0.717, 1.165) is 0 Å². The number of nitro benzene ring substituents is 1. The first kappa shape index (κ1) is 35.0. The summed E-state index contributed by atoms with van der Waals surface area (Å²) in [5, 5.41) is 11.7. The Kier molecular flexibility index (Phi) is 11.7. The lowest BCUT2D eigenvalue weighted by Crippen LogP contribution is -2.41. The second-order valence-electron chi connectivity index (χ2n) is 12.0. The SMILES string of the molecule is COC(=O)c1c(COc2ccc(OC)cc2)cccc1N(C)C(=O)/C(=C/c1ccccc1[N+](=O)[O-])CCO[Si](C)(C)C(C)(C)C. The maximum Gasteiger partial charge on any atom is 0.340 e.